The summed E-state index contributed by atoms with van der Waals surface area (Å²) in [5.41, 5.74) is 8.32. The molecule has 0 heterocycles. The zero-order valence-corrected chi connectivity index (χ0v) is 14.6. The molecule has 0 aromatic heterocycles. The van der Waals surface area contributed by atoms with Crippen molar-refractivity contribution in [1.82, 2.24) is 5.32 Å². The molecule has 5 nitrogen and oxygen atoms in total. The average Bonchev–Trinajstić information content (AvgIpc) is 3.40. The third-order valence-electron chi connectivity index (χ3n) is 3.97. The molecule has 3 rings (SSSR count). The van der Waals surface area contributed by atoms with E-state index in [1.165, 1.54) is 0 Å². The first-order valence-electron chi connectivity index (χ1n) is 8.11. The number of amides is 2. The summed E-state index contributed by atoms with van der Waals surface area (Å²) in [6, 6.07) is 16.2. The molecule has 25 heavy (non-hydrogen) atoms. The van der Waals surface area contributed by atoms with Crippen molar-refractivity contribution in [2.24, 2.45) is 5.73 Å². The molecule has 0 saturated heterocycles. The largest absolute Gasteiger partial charge is 0.353 e. The van der Waals surface area contributed by atoms with E-state index in [2.05, 4.69) is 10.6 Å². The number of hydrogen-bond acceptors (Lipinski definition) is 3. The van der Waals surface area contributed by atoms with Gasteiger partial charge < -0.3 is 16.4 Å². The van der Waals surface area contributed by atoms with Crippen LogP contribution in [0.25, 0.3) is 0 Å². The minimum atomic E-state index is -0.713. The van der Waals surface area contributed by atoms with Crippen LogP contribution >= 0.6 is 12.4 Å². The zero-order chi connectivity index (χ0) is 16.9. The van der Waals surface area contributed by atoms with Crippen LogP contribution in [0.3, 0.4) is 0 Å². The molecular formula is C19H22ClN3O2. The molecule has 132 valence electrons. The van der Waals surface area contributed by atoms with Gasteiger partial charge in [0, 0.05) is 11.7 Å². The number of nitrogens with two attached hydrogens (primary N) is 1. The van der Waals surface area contributed by atoms with Crippen molar-refractivity contribution in [1.29, 1.82) is 0 Å². The van der Waals surface area contributed by atoms with E-state index in [9.17, 15) is 9.59 Å². The Morgan fingerprint density at radius 2 is 1.68 bits per heavy atom. The lowest BCUT2D eigenvalue weighted by Crippen LogP contribution is -2.28. The minimum absolute atomic E-state index is 0. The topological polar surface area (TPSA) is 84.2 Å². The summed E-state index contributed by atoms with van der Waals surface area (Å²) in [6.07, 6.45) is 2.52. The maximum atomic E-state index is 12.2. The van der Waals surface area contributed by atoms with Crippen molar-refractivity contribution in [2.45, 2.75) is 31.3 Å². The number of hydrogen-bond donors (Lipinski definition) is 3. The summed E-state index contributed by atoms with van der Waals surface area (Å²) in [6.45, 7) is 0. The van der Waals surface area contributed by atoms with Gasteiger partial charge in [-0.3, -0.25) is 9.59 Å². The molecule has 0 radical (unpaired) electrons. The number of carbonyl (C=O) groups excluding carboxylic acids is 2. The molecule has 1 fully saturated rings. The van der Waals surface area contributed by atoms with E-state index in [1.54, 1.807) is 12.1 Å². The van der Waals surface area contributed by atoms with E-state index < -0.39 is 6.04 Å². The average molecular weight is 360 g/mol. The highest BCUT2D eigenvalue weighted by atomic mass is 35.5. The van der Waals surface area contributed by atoms with Crippen LogP contribution in [0, 0.1) is 0 Å². The van der Waals surface area contributed by atoms with Crippen molar-refractivity contribution in [3.63, 3.8) is 0 Å². The second kappa shape index (κ2) is 8.65. The molecule has 6 heteroatoms. The van der Waals surface area contributed by atoms with Crippen LogP contribution in [-0.4, -0.2) is 17.9 Å². The summed E-state index contributed by atoms with van der Waals surface area (Å²) < 4.78 is 0. The van der Waals surface area contributed by atoms with E-state index in [4.69, 9.17) is 5.73 Å². The van der Waals surface area contributed by atoms with Crippen molar-refractivity contribution in [2.75, 3.05) is 5.32 Å². The fourth-order valence-electron chi connectivity index (χ4n) is 2.43. The Hall–Kier alpha value is -2.37. The lowest BCUT2D eigenvalue weighted by atomic mass is 10.1. The molecule has 2 amide bonds. The van der Waals surface area contributed by atoms with Crippen LogP contribution in [0.5, 0.6) is 0 Å². The van der Waals surface area contributed by atoms with Gasteiger partial charge in [-0.05, 0) is 36.1 Å². The van der Waals surface area contributed by atoms with Gasteiger partial charge in [-0.15, -0.1) is 12.4 Å². The number of halogens is 1. The second-order valence-corrected chi connectivity index (χ2v) is 6.09. The first kappa shape index (κ1) is 19.0. The number of carbonyl (C=O) groups is 2. The van der Waals surface area contributed by atoms with Crippen LogP contribution in [0.15, 0.2) is 54.6 Å². The third kappa shape index (κ3) is 5.59. The first-order valence-corrected chi connectivity index (χ1v) is 8.11. The van der Waals surface area contributed by atoms with Crippen LogP contribution in [0.2, 0.25) is 0 Å². The molecule has 1 saturated carbocycles. The van der Waals surface area contributed by atoms with Crippen LogP contribution < -0.4 is 16.4 Å². The summed E-state index contributed by atoms with van der Waals surface area (Å²) in [5, 5.41) is 5.76. The normalized spacial score (nSPS) is 14.1. The Bertz CT molecular complexity index is 715. The molecule has 4 N–H and O–H groups in total. The molecule has 0 unspecified atom stereocenters. The lowest BCUT2D eigenvalue weighted by Gasteiger charge is -2.13. The smallest absolute Gasteiger partial charge is 0.245 e. The number of benzene rings is 2. The Balaban J connectivity index is 0.00000225. The SMILES string of the molecule is Cl.N[C@H](C(=O)Nc1ccc(CC(=O)NC2CC2)cc1)c1ccccc1. The van der Waals surface area contributed by atoms with Gasteiger partial charge in [0.15, 0.2) is 0 Å². The van der Waals surface area contributed by atoms with Gasteiger partial charge in [0.05, 0.1) is 6.42 Å². The molecule has 0 bridgehead atoms. The zero-order valence-electron chi connectivity index (χ0n) is 13.8. The fraction of sp³-hybridized carbons (Fsp3) is 0.263. The summed E-state index contributed by atoms with van der Waals surface area (Å²) in [5.74, 6) is -0.221. The van der Waals surface area contributed by atoms with Crippen LogP contribution in [0.1, 0.15) is 30.0 Å². The highest BCUT2D eigenvalue weighted by Crippen LogP contribution is 2.19. The summed E-state index contributed by atoms with van der Waals surface area (Å²) in [4.78, 5) is 24.0. The number of anilines is 1. The van der Waals surface area contributed by atoms with E-state index in [0.29, 0.717) is 18.2 Å². The molecule has 0 spiro atoms. The predicted octanol–water partition coefficient (Wildman–Crippen LogP) is 2.57. The van der Waals surface area contributed by atoms with Gasteiger partial charge in [-0.25, -0.2) is 0 Å². The molecule has 2 aromatic rings. The Morgan fingerprint density at radius 3 is 2.28 bits per heavy atom. The first-order chi connectivity index (χ1) is 11.6. The van der Waals surface area contributed by atoms with Crippen molar-refractivity contribution in [3.05, 3.63) is 65.7 Å². The molecule has 0 aliphatic heterocycles. The maximum Gasteiger partial charge on any atom is 0.245 e. The van der Waals surface area contributed by atoms with Gasteiger partial charge in [-0.1, -0.05) is 42.5 Å². The minimum Gasteiger partial charge on any atom is -0.353 e. The van der Waals surface area contributed by atoms with Gasteiger partial charge in [0.25, 0.3) is 0 Å². The molecule has 2 aromatic carbocycles. The van der Waals surface area contributed by atoms with Crippen LogP contribution in [0.4, 0.5) is 5.69 Å². The van der Waals surface area contributed by atoms with E-state index in [-0.39, 0.29) is 24.2 Å². The van der Waals surface area contributed by atoms with Gasteiger partial charge in [-0.2, -0.15) is 0 Å². The van der Waals surface area contributed by atoms with Crippen molar-refractivity contribution >= 4 is 29.9 Å². The quantitative estimate of drug-likeness (QED) is 0.741. The van der Waals surface area contributed by atoms with Gasteiger partial charge in [0.2, 0.25) is 11.8 Å². The van der Waals surface area contributed by atoms with Gasteiger partial charge in [0.1, 0.15) is 6.04 Å². The summed E-state index contributed by atoms with van der Waals surface area (Å²) in [7, 11) is 0. The van der Waals surface area contributed by atoms with E-state index in [1.807, 2.05) is 42.5 Å². The summed E-state index contributed by atoms with van der Waals surface area (Å²) >= 11 is 0. The second-order valence-electron chi connectivity index (χ2n) is 6.09. The Morgan fingerprint density at radius 1 is 1.04 bits per heavy atom. The Labute approximate surface area is 153 Å². The van der Waals surface area contributed by atoms with E-state index >= 15 is 0 Å². The third-order valence-corrected chi connectivity index (χ3v) is 3.97. The van der Waals surface area contributed by atoms with Crippen LogP contribution in [-0.2, 0) is 16.0 Å². The highest BCUT2D eigenvalue weighted by Gasteiger charge is 2.23. The molecule has 1 atom stereocenters. The molecule has 1 aliphatic rings. The number of nitrogens with one attached hydrogen (secondary N) is 2. The number of rotatable bonds is 6. The Kier molecular flexibility index (Phi) is 6.56. The maximum absolute atomic E-state index is 12.2. The van der Waals surface area contributed by atoms with Gasteiger partial charge >= 0.3 is 0 Å². The predicted molar refractivity (Wildman–Crippen MR) is 101 cm³/mol. The molecule has 1 aliphatic carbocycles. The monoisotopic (exact) mass is 359 g/mol. The van der Waals surface area contributed by atoms with E-state index in [0.717, 1.165) is 24.0 Å². The van der Waals surface area contributed by atoms with Crippen molar-refractivity contribution < 1.29 is 9.59 Å². The lowest BCUT2D eigenvalue weighted by molar-refractivity contribution is -0.120. The highest BCUT2D eigenvalue weighted by molar-refractivity contribution is 5.95. The standard InChI is InChI=1S/C19H21N3O2.ClH/c20-18(14-4-2-1-3-5-14)19(24)22-16-8-6-13(7-9-16)12-17(23)21-15-10-11-15;/h1-9,15,18H,10-12,20H2,(H,21,23)(H,22,24);1H/t18-;/m0./s1. The fourth-order valence-corrected chi connectivity index (χ4v) is 2.43. The molecular weight excluding hydrogens is 338 g/mol. The van der Waals surface area contributed by atoms with Crippen molar-refractivity contribution in [3.8, 4) is 0 Å².